The number of ketones is 1. The van der Waals surface area contributed by atoms with Gasteiger partial charge in [-0.2, -0.15) is 0 Å². The summed E-state index contributed by atoms with van der Waals surface area (Å²) >= 11 is 0. The molecule has 0 saturated heterocycles. The second-order valence-electron chi connectivity index (χ2n) is 8.46. The Hall–Kier alpha value is -1.94. The number of hydrogen-bond acceptors (Lipinski definition) is 6. The van der Waals surface area contributed by atoms with Crippen LogP contribution in [0.3, 0.4) is 0 Å². The molecule has 3 rings (SSSR count). The van der Waals surface area contributed by atoms with Crippen molar-refractivity contribution in [3.63, 3.8) is 0 Å². The molecule has 3 N–H and O–H groups in total. The monoisotopic (exact) mass is 460 g/mol. The number of ether oxygens (including phenoxy) is 1. The van der Waals surface area contributed by atoms with E-state index >= 15 is 0 Å². The Labute approximate surface area is 179 Å². The van der Waals surface area contributed by atoms with Crippen molar-refractivity contribution in [2.24, 2.45) is 17.6 Å². The molecule has 0 amide bonds. The summed E-state index contributed by atoms with van der Waals surface area (Å²) in [6.07, 6.45) is 0.0896. The molecule has 6 nitrogen and oxygen atoms in total. The minimum atomic E-state index is -4.90. The highest BCUT2D eigenvalue weighted by Gasteiger charge is 2.40. The molecule has 0 heterocycles. The fraction of sp³-hybridized carbons (Fsp3) is 0.619. The van der Waals surface area contributed by atoms with E-state index < -0.39 is 27.2 Å². The maximum absolute atomic E-state index is 12.7. The van der Waals surface area contributed by atoms with Crippen molar-refractivity contribution in [1.82, 2.24) is 0 Å². The van der Waals surface area contributed by atoms with Gasteiger partial charge in [-0.15, -0.1) is 13.2 Å². The molecular formula is C21H27F3N2O4S. The molecule has 0 spiro atoms. The number of carbonyl (C=O) groups is 1. The molecule has 2 saturated carbocycles. The molecule has 0 bridgehead atoms. The first kappa shape index (κ1) is 23.7. The van der Waals surface area contributed by atoms with Crippen LogP contribution in [0.2, 0.25) is 0 Å². The molecule has 1 aromatic carbocycles. The van der Waals surface area contributed by atoms with E-state index in [0.717, 1.165) is 31.4 Å². The van der Waals surface area contributed by atoms with E-state index in [1.165, 1.54) is 12.1 Å². The summed E-state index contributed by atoms with van der Waals surface area (Å²) in [7, 11) is -3.78. The number of nitrogens with two attached hydrogens (primary N) is 1. The highest BCUT2D eigenvalue weighted by molar-refractivity contribution is 7.92. The van der Waals surface area contributed by atoms with Gasteiger partial charge >= 0.3 is 6.36 Å². The molecule has 1 aromatic rings. The predicted molar refractivity (Wildman–Crippen MR) is 109 cm³/mol. The van der Waals surface area contributed by atoms with E-state index in [9.17, 15) is 26.4 Å². The average molecular weight is 461 g/mol. The van der Waals surface area contributed by atoms with E-state index in [2.05, 4.69) is 4.74 Å². The highest BCUT2D eigenvalue weighted by Crippen LogP contribution is 2.40. The van der Waals surface area contributed by atoms with Crippen molar-refractivity contribution in [3.05, 3.63) is 24.3 Å². The van der Waals surface area contributed by atoms with Crippen LogP contribution in [-0.4, -0.2) is 37.6 Å². The van der Waals surface area contributed by atoms with E-state index in [1.807, 2.05) is 0 Å². The van der Waals surface area contributed by atoms with Crippen LogP contribution >= 0.6 is 0 Å². The molecule has 2 atom stereocenters. The van der Waals surface area contributed by atoms with Crippen molar-refractivity contribution in [2.45, 2.75) is 73.9 Å². The molecule has 2 unspecified atom stereocenters. The average Bonchev–Trinajstić information content (AvgIpc) is 2.65. The number of sulfone groups is 1. The van der Waals surface area contributed by atoms with E-state index in [0.29, 0.717) is 25.7 Å². The lowest BCUT2D eigenvalue weighted by molar-refractivity contribution is -0.274. The molecule has 31 heavy (non-hydrogen) atoms. The quantitative estimate of drug-likeness (QED) is 0.569. The fourth-order valence-corrected chi connectivity index (χ4v) is 6.37. The Kier molecular flexibility index (Phi) is 7.10. The lowest BCUT2D eigenvalue weighted by Crippen LogP contribution is -2.41. The molecule has 2 aliphatic rings. The Morgan fingerprint density at radius 3 is 2.52 bits per heavy atom. The number of halogens is 3. The Balaban J connectivity index is 1.51. The number of nitrogens with one attached hydrogen (secondary N) is 1. The van der Waals surface area contributed by atoms with Crippen LogP contribution in [0.5, 0.6) is 5.75 Å². The predicted octanol–water partition coefficient (Wildman–Crippen LogP) is 4.02. The third-order valence-electron chi connectivity index (χ3n) is 6.26. The highest BCUT2D eigenvalue weighted by atomic mass is 32.2. The fourth-order valence-electron chi connectivity index (χ4n) is 4.38. The zero-order chi connectivity index (χ0) is 22.8. The van der Waals surface area contributed by atoms with E-state index in [4.69, 9.17) is 11.1 Å². The molecule has 0 radical (unpaired) electrons. The maximum Gasteiger partial charge on any atom is 0.573 e. The van der Waals surface area contributed by atoms with Gasteiger partial charge in [0.15, 0.2) is 15.6 Å². The zero-order valence-electron chi connectivity index (χ0n) is 17.0. The third kappa shape index (κ3) is 5.85. The van der Waals surface area contributed by atoms with Crippen LogP contribution < -0.4 is 10.5 Å². The standard InChI is InChI=1S/C21H27F3N2O4S/c22-21(23,24)30-14-4-3-5-15(12-14)31(28,29)16-10-13(11-16)8-9-19(26)20(27)17-6-1-2-7-18(17)25/h3-5,12-13,16-18,26H,1-2,6-11,25H2. The van der Waals surface area contributed by atoms with Gasteiger partial charge in [0.1, 0.15) is 5.75 Å². The topological polar surface area (TPSA) is 110 Å². The van der Waals surface area contributed by atoms with Gasteiger partial charge in [-0.1, -0.05) is 18.9 Å². The van der Waals surface area contributed by atoms with Gasteiger partial charge in [-0.05, 0) is 62.6 Å². The second kappa shape index (κ2) is 9.28. The first-order chi connectivity index (χ1) is 14.5. The van der Waals surface area contributed by atoms with Crippen LogP contribution in [0.4, 0.5) is 13.2 Å². The molecular weight excluding hydrogens is 433 g/mol. The first-order valence-electron chi connectivity index (χ1n) is 10.4. The van der Waals surface area contributed by atoms with Gasteiger partial charge in [-0.25, -0.2) is 8.42 Å². The number of benzene rings is 1. The third-order valence-corrected chi connectivity index (χ3v) is 8.43. The Morgan fingerprint density at radius 1 is 1.19 bits per heavy atom. The number of hydrogen-bond donors (Lipinski definition) is 2. The van der Waals surface area contributed by atoms with Gasteiger partial charge in [-0.3, -0.25) is 4.79 Å². The molecule has 0 aliphatic heterocycles. The minimum Gasteiger partial charge on any atom is -0.406 e. The van der Waals surface area contributed by atoms with Crippen molar-refractivity contribution < 1.29 is 31.1 Å². The van der Waals surface area contributed by atoms with Gasteiger partial charge < -0.3 is 15.9 Å². The lowest BCUT2D eigenvalue weighted by atomic mass is 9.78. The molecule has 2 aliphatic carbocycles. The van der Waals surface area contributed by atoms with Crippen LogP contribution in [0, 0.1) is 17.2 Å². The summed E-state index contributed by atoms with van der Waals surface area (Å²) in [5.74, 6) is -1.00. The number of carbonyl (C=O) groups excluding carboxylic acids is 1. The molecule has 172 valence electrons. The lowest BCUT2D eigenvalue weighted by Gasteiger charge is -2.35. The van der Waals surface area contributed by atoms with Crippen LogP contribution in [0.1, 0.15) is 51.4 Å². The van der Waals surface area contributed by atoms with Crippen LogP contribution in [-0.2, 0) is 14.6 Å². The summed E-state index contributed by atoms with van der Waals surface area (Å²) in [6.45, 7) is 0. The number of alkyl halides is 3. The smallest absolute Gasteiger partial charge is 0.406 e. The minimum absolute atomic E-state index is 0.0469. The van der Waals surface area contributed by atoms with Gasteiger partial charge in [0.05, 0.1) is 15.9 Å². The van der Waals surface area contributed by atoms with Crippen molar-refractivity contribution in [3.8, 4) is 5.75 Å². The Bertz CT molecular complexity index is 927. The summed E-state index contributed by atoms with van der Waals surface area (Å²) in [6, 6.07) is 4.21. The van der Waals surface area contributed by atoms with E-state index in [1.54, 1.807) is 0 Å². The molecule has 10 heteroatoms. The van der Waals surface area contributed by atoms with Crippen molar-refractivity contribution in [2.75, 3.05) is 0 Å². The second-order valence-corrected chi connectivity index (χ2v) is 10.7. The maximum atomic E-state index is 12.7. The van der Waals surface area contributed by atoms with Crippen molar-refractivity contribution in [1.29, 1.82) is 5.41 Å². The van der Waals surface area contributed by atoms with Gasteiger partial charge in [0.2, 0.25) is 0 Å². The first-order valence-corrected chi connectivity index (χ1v) is 12.0. The Morgan fingerprint density at radius 2 is 1.87 bits per heavy atom. The van der Waals surface area contributed by atoms with Gasteiger partial charge in [0.25, 0.3) is 0 Å². The summed E-state index contributed by atoms with van der Waals surface area (Å²) in [5, 5.41) is 7.40. The van der Waals surface area contributed by atoms with Gasteiger partial charge in [0, 0.05) is 12.0 Å². The summed E-state index contributed by atoms with van der Waals surface area (Å²) in [4.78, 5) is 12.3. The summed E-state index contributed by atoms with van der Waals surface area (Å²) < 4.78 is 66.4. The number of Topliss-reactive ketones (excluding diaryl/α,β-unsaturated/α-hetero) is 1. The largest absolute Gasteiger partial charge is 0.573 e. The molecule has 0 aromatic heterocycles. The van der Waals surface area contributed by atoms with E-state index in [-0.39, 0.29) is 40.7 Å². The van der Waals surface area contributed by atoms with Crippen LogP contribution in [0.15, 0.2) is 29.2 Å². The van der Waals surface area contributed by atoms with Crippen LogP contribution in [0.25, 0.3) is 0 Å². The SMILES string of the molecule is N=C(CCC1CC(S(=O)(=O)c2cccc(OC(F)(F)F)c2)C1)C(=O)C1CCCCC1N. The normalized spacial score (nSPS) is 26.7. The molecule has 2 fully saturated rings. The zero-order valence-corrected chi connectivity index (χ0v) is 17.8. The summed E-state index contributed by atoms with van der Waals surface area (Å²) in [5.41, 5.74) is 6.07. The van der Waals surface area contributed by atoms with Crippen molar-refractivity contribution >= 4 is 21.3 Å². The number of rotatable bonds is 8.